The molecule has 0 radical (unpaired) electrons. The highest BCUT2D eigenvalue weighted by Gasteiger charge is 2.11. The molecule has 0 aromatic heterocycles. The summed E-state index contributed by atoms with van der Waals surface area (Å²) in [6.45, 7) is 3.31. The SMILES string of the molecule is CCNC(=NCc1ccccc1F)NCC(OC)c1ccc(F)cc1.I. The van der Waals surface area contributed by atoms with Crippen molar-refractivity contribution in [3.05, 3.63) is 71.3 Å². The number of ether oxygens (including phenoxy) is 1. The van der Waals surface area contributed by atoms with Crippen molar-refractivity contribution in [1.29, 1.82) is 0 Å². The molecule has 0 aliphatic carbocycles. The molecule has 4 nitrogen and oxygen atoms in total. The average Bonchev–Trinajstić information content (AvgIpc) is 2.62. The molecule has 7 heteroatoms. The maximum atomic E-state index is 13.7. The van der Waals surface area contributed by atoms with Crippen molar-refractivity contribution in [3.63, 3.8) is 0 Å². The van der Waals surface area contributed by atoms with E-state index in [1.165, 1.54) is 18.2 Å². The topological polar surface area (TPSA) is 45.7 Å². The van der Waals surface area contributed by atoms with Gasteiger partial charge in [-0.25, -0.2) is 13.8 Å². The van der Waals surface area contributed by atoms with Crippen LogP contribution in [0.2, 0.25) is 0 Å². The molecule has 0 saturated heterocycles. The van der Waals surface area contributed by atoms with Crippen LogP contribution in [-0.4, -0.2) is 26.2 Å². The lowest BCUT2D eigenvalue weighted by molar-refractivity contribution is 0.106. The van der Waals surface area contributed by atoms with Gasteiger partial charge in [0.05, 0.1) is 12.6 Å². The van der Waals surface area contributed by atoms with Gasteiger partial charge in [0.1, 0.15) is 11.6 Å². The van der Waals surface area contributed by atoms with Gasteiger partial charge in [0.2, 0.25) is 0 Å². The second-order valence-electron chi connectivity index (χ2n) is 5.44. The third-order valence-electron chi connectivity index (χ3n) is 3.69. The zero-order valence-corrected chi connectivity index (χ0v) is 17.2. The molecule has 0 aliphatic rings. The van der Waals surface area contributed by atoms with E-state index in [4.69, 9.17) is 4.74 Å². The summed E-state index contributed by atoms with van der Waals surface area (Å²) in [6, 6.07) is 12.7. The first-order chi connectivity index (χ1) is 12.1. The Morgan fingerprint density at radius 3 is 2.38 bits per heavy atom. The van der Waals surface area contributed by atoms with Crippen molar-refractivity contribution in [2.75, 3.05) is 20.2 Å². The van der Waals surface area contributed by atoms with Gasteiger partial charge in [-0.15, -0.1) is 24.0 Å². The molecule has 2 aromatic rings. The number of guanidine groups is 1. The van der Waals surface area contributed by atoms with Gasteiger partial charge in [-0.3, -0.25) is 0 Å². The second-order valence-corrected chi connectivity index (χ2v) is 5.44. The molecule has 1 atom stereocenters. The fourth-order valence-electron chi connectivity index (χ4n) is 2.34. The van der Waals surface area contributed by atoms with E-state index in [0.717, 1.165) is 5.56 Å². The van der Waals surface area contributed by atoms with E-state index in [2.05, 4.69) is 15.6 Å². The lowest BCUT2D eigenvalue weighted by atomic mass is 10.1. The first-order valence-electron chi connectivity index (χ1n) is 8.18. The zero-order valence-electron chi connectivity index (χ0n) is 14.8. The minimum absolute atomic E-state index is 0. The van der Waals surface area contributed by atoms with E-state index >= 15 is 0 Å². The van der Waals surface area contributed by atoms with E-state index < -0.39 is 0 Å². The normalized spacial score (nSPS) is 12.2. The van der Waals surface area contributed by atoms with Gasteiger partial charge in [-0.2, -0.15) is 0 Å². The Morgan fingerprint density at radius 2 is 1.77 bits per heavy atom. The van der Waals surface area contributed by atoms with Crippen LogP contribution in [0.4, 0.5) is 8.78 Å². The van der Waals surface area contributed by atoms with E-state index in [1.54, 1.807) is 37.4 Å². The summed E-state index contributed by atoms with van der Waals surface area (Å²) in [5.74, 6) is 0.00412. The van der Waals surface area contributed by atoms with Gasteiger partial charge in [0.25, 0.3) is 0 Å². The van der Waals surface area contributed by atoms with Crippen LogP contribution in [0.3, 0.4) is 0 Å². The van der Waals surface area contributed by atoms with Gasteiger partial charge in [0.15, 0.2) is 5.96 Å². The van der Waals surface area contributed by atoms with Crippen LogP contribution in [0.15, 0.2) is 53.5 Å². The number of methoxy groups -OCH3 is 1. The van der Waals surface area contributed by atoms with E-state index in [-0.39, 0.29) is 48.3 Å². The fourth-order valence-corrected chi connectivity index (χ4v) is 2.34. The van der Waals surface area contributed by atoms with Crippen LogP contribution in [0.5, 0.6) is 0 Å². The highest BCUT2D eigenvalue weighted by Crippen LogP contribution is 2.16. The van der Waals surface area contributed by atoms with E-state index in [9.17, 15) is 8.78 Å². The van der Waals surface area contributed by atoms with Crippen molar-refractivity contribution < 1.29 is 13.5 Å². The summed E-state index contributed by atoms with van der Waals surface area (Å²) < 4.78 is 32.2. The smallest absolute Gasteiger partial charge is 0.191 e. The fraction of sp³-hybridized carbons (Fsp3) is 0.316. The summed E-state index contributed by atoms with van der Waals surface area (Å²) in [6.07, 6.45) is -0.252. The molecule has 1 unspecified atom stereocenters. The quantitative estimate of drug-likeness (QED) is 0.361. The highest BCUT2D eigenvalue weighted by molar-refractivity contribution is 14.0. The molecular formula is C19H24F2IN3O. The molecule has 26 heavy (non-hydrogen) atoms. The van der Waals surface area contributed by atoms with Crippen molar-refractivity contribution >= 4 is 29.9 Å². The Kier molecular flexibility index (Phi) is 10.1. The highest BCUT2D eigenvalue weighted by atomic mass is 127. The van der Waals surface area contributed by atoms with Gasteiger partial charge in [0, 0.05) is 25.8 Å². The second kappa shape index (κ2) is 11.8. The summed E-state index contributed by atoms with van der Waals surface area (Å²) >= 11 is 0. The summed E-state index contributed by atoms with van der Waals surface area (Å²) in [5.41, 5.74) is 1.39. The Bertz CT molecular complexity index is 695. The third-order valence-corrected chi connectivity index (χ3v) is 3.69. The molecule has 0 saturated carbocycles. The van der Waals surface area contributed by atoms with Gasteiger partial charge < -0.3 is 15.4 Å². The number of hydrogen-bond donors (Lipinski definition) is 2. The van der Waals surface area contributed by atoms with Crippen molar-refractivity contribution in [2.45, 2.75) is 19.6 Å². The molecule has 0 spiro atoms. The van der Waals surface area contributed by atoms with Crippen molar-refractivity contribution in [3.8, 4) is 0 Å². The lowest BCUT2D eigenvalue weighted by Crippen LogP contribution is -2.39. The Labute approximate surface area is 170 Å². The van der Waals surface area contributed by atoms with Gasteiger partial charge in [-0.1, -0.05) is 30.3 Å². The number of benzene rings is 2. The Balaban J connectivity index is 0.00000338. The predicted molar refractivity (Wildman–Crippen MR) is 111 cm³/mol. The lowest BCUT2D eigenvalue weighted by Gasteiger charge is -2.18. The van der Waals surface area contributed by atoms with Crippen LogP contribution in [-0.2, 0) is 11.3 Å². The minimum atomic E-state index is -0.286. The summed E-state index contributed by atoms with van der Waals surface area (Å²) in [7, 11) is 1.60. The average molecular weight is 475 g/mol. The van der Waals surface area contributed by atoms with Crippen molar-refractivity contribution in [2.24, 2.45) is 4.99 Å². The largest absolute Gasteiger partial charge is 0.375 e. The molecule has 0 bridgehead atoms. The molecular weight excluding hydrogens is 451 g/mol. The number of nitrogens with one attached hydrogen (secondary N) is 2. The number of nitrogens with zero attached hydrogens (tertiary/aromatic N) is 1. The number of aliphatic imine (C=N–C) groups is 1. The number of halogens is 3. The van der Waals surface area contributed by atoms with Crippen LogP contribution in [0.25, 0.3) is 0 Å². The summed E-state index contributed by atoms with van der Waals surface area (Å²) in [4.78, 5) is 4.40. The van der Waals surface area contributed by atoms with E-state index in [1.807, 2.05) is 6.92 Å². The van der Waals surface area contributed by atoms with Gasteiger partial charge >= 0.3 is 0 Å². The maximum Gasteiger partial charge on any atom is 0.191 e. The van der Waals surface area contributed by atoms with Crippen LogP contribution in [0.1, 0.15) is 24.2 Å². The Morgan fingerprint density at radius 1 is 1.08 bits per heavy atom. The maximum absolute atomic E-state index is 13.7. The third kappa shape index (κ3) is 6.87. The molecule has 142 valence electrons. The number of rotatable bonds is 7. The van der Waals surface area contributed by atoms with Gasteiger partial charge in [-0.05, 0) is 30.7 Å². The van der Waals surface area contributed by atoms with Crippen LogP contribution >= 0.6 is 24.0 Å². The first kappa shape index (κ1) is 22.3. The number of hydrogen-bond acceptors (Lipinski definition) is 2. The molecule has 0 fully saturated rings. The first-order valence-corrected chi connectivity index (χ1v) is 8.18. The summed E-state index contributed by atoms with van der Waals surface area (Å²) in [5, 5.41) is 6.29. The molecule has 2 N–H and O–H groups in total. The molecule has 2 rings (SSSR count). The van der Waals surface area contributed by atoms with Crippen LogP contribution in [0, 0.1) is 11.6 Å². The monoisotopic (exact) mass is 475 g/mol. The van der Waals surface area contributed by atoms with Crippen molar-refractivity contribution in [1.82, 2.24) is 10.6 Å². The molecule has 0 heterocycles. The standard InChI is InChI=1S/C19H23F2N3O.HI/c1-3-22-19(23-12-15-6-4-5-7-17(15)21)24-13-18(25-2)14-8-10-16(20)11-9-14;/h4-11,18H,3,12-13H2,1-2H3,(H2,22,23,24);1H. The minimum Gasteiger partial charge on any atom is -0.375 e. The van der Waals surface area contributed by atoms with E-state index in [0.29, 0.717) is 24.6 Å². The molecule has 0 amide bonds. The van der Waals surface area contributed by atoms with Crippen LogP contribution < -0.4 is 10.6 Å². The molecule has 2 aromatic carbocycles. The molecule has 0 aliphatic heterocycles. The Hall–Kier alpha value is -1.74. The predicted octanol–water partition coefficient (Wildman–Crippen LogP) is 4.03. The zero-order chi connectivity index (χ0) is 18.1.